The van der Waals surface area contributed by atoms with Crippen LogP contribution in [0.2, 0.25) is 0 Å². The Kier molecular flexibility index (Phi) is 5.84. The normalized spacial score (nSPS) is 18.7. The number of likely N-dealkylation sites (tertiary alicyclic amines) is 1. The van der Waals surface area contributed by atoms with Gasteiger partial charge in [0, 0.05) is 17.5 Å². The highest BCUT2D eigenvalue weighted by Crippen LogP contribution is 2.23. The molecule has 7 nitrogen and oxygen atoms in total. The first kappa shape index (κ1) is 20.8. The summed E-state index contributed by atoms with van der Waals surface area (Å²) in [6, 6.07) is 15.9. The van der Waals surface area contributed by atoms with Gasteiger partial charge in [-0.1, -0.05) is 36.4 Å². The van der Waals surface area contributed by atoms with E-state index in [0.29, 0.717) is 16.5 Å². The fourth-order valence-electron chi connectivity index (χ4n) is 4.27. The molecular formula is C24H25N3O4. The van der Waals surface area contributed by atoms with Gasteiger partial charge in [-0.05, 0) is 51.3 Å². The number of rotatable bonds is 4. The summed E-state index contributed by atoms with van der Waals surface area (Å²) in [6.45, 7) is 3.67. The Balaban J connectivity index is 1.64. The number of benzene rings is 2. The number of carbonyl (C=O) groups is 2. The minimum atomic E-state index is -0.730. The SMILES string of the molecule is CC1CCCC(C)N1C(=O)COC(=O)c1nn(-c2ccccc2)c(=O)c2ccccc12. The van der Waals surface area contributed by atoms with Crippen molar-refractivity contribution in [2.75, 3.05) is 6.61 Å². The summed E-state index contributed by atoms with van der Waals surface area (Å²) in [7, 11) is 0. The molecule has 2 aromatic carbocycles. The zero-order valence-electron chi connectivity index (χ0n) is 17.7. The zero-order valence-corrected chi connectivity index (χ0v) is 17.7. The molecule has 2 heterocycles. The van der Waals surface area contributed by atoms with E-state index in [2.05, 4.69) is 5.10 Å². The number of amides is 1. The van der Waals surface area contributed by atoms with Crippen LogP contribution in [0.3, 0.4) is 0 Å². The monoisotopic (exact) mass is 419 g/mol. The van der Waals surface area contributed by atoms with Crippen LogP contribution >= 0.6 is 0 Å². The van der Waals surface area contributed by atoms with Gasteiger partial charge in [-0.3, -0.25) is 9.59 Å². The second-order valence-corrected chi connectivity index (χ2v) is 7.95. The van der Waals surface area contributed by atoms with Gasteiger partial charge in [0.2, 0.25) is 0 Å². The lowest BCUT2D eigenvalue weighted by molar-refractivity contribution is -0.140. The van der Waals surface area contributed by atoms with E-state index < -0.39 is 5.97 Å². The number of carbonyl (C=O) groups excluding carboxylic acids is 2. The van der Waals surface area contributed by atoms with Gasteiger partial charge in [0.05, 0.1) is 11.1 Å². The van der Waals surface area contributed by atoms with Crippen LogP contribution in [0, 0.1) is 0 Å². The van der Waals surface area contributed by atoms with E-state index in [4.69, 9.17) is 4.74 Å². The Hall–Kier alpha value is -3.48. The fourth-order valence-corrected chi connectivity index (χ4v) is 4.27. The summed E-state index contributed by atoms with van der Waals surface area (Å²) in [4.78, 5) is 40.4. The predicted molar refractivity (Wildman–Crippen MR) is 117 cm³/mol. The molecule has 1 aromatic heterocycles. The molecule has 0 bridgehead atoms. The second kappa shape index (κ2) is 8.71. The number of aromatic nitrogens is 2. The molecule has 3 aromatic rings. The van der Waals surface area contributed by atoms with Gasteiger partial charge in [0.1, 0.15) is 0 Å². The number of ether oxygens (including phenoxy) is 1. The van der Waals surface area contributed by atoms with Gasteiger partial charge in [0.15, 0.2) is 12.3 Å². The highest BCUT2D eigenvalue weighted by Gasteiger charge is 2.30. The van der Waals surface area contributed by atoms with Crippen molar-refractivity contribution in [2.45, 2.75) is 45.2 Å². The molecule has 2 atom stereocenters. The molecule has 0 radical (unpaired) electrons. The molecule has 2 unspecified atom stereocenters. The molecular weight excluding hydrogens is 394 g/mol. The number of esters is 1. The minimum absolute atomic E-state index is 0.00611. The van der Waals surface area contributed by atoms with Gasteiger partial charge in [-0.25, -0.2) is 4.79 Å². The van der Waals surface area contributed by atoms with E-state index in [1.54, 1.807) is 53.4 Å². The van der Waals surface area contributed by atoms with E-state index >= 15 is 0 Å². The second-order valence-electron chi connectivity index (χ2n) is 7.95. The topological polar surface area (TPSA) is 81.5 Å². The average molecular weight is 419 g/mol. The first-order valence-corrected chi connectivity index (χ1v) is 10.5. The maximum absolute atomic E-state index is 12.9. The largest absolute Gasteiger partial charge is 0.451 e. The fraction of sp³-hybridized carbons (Fsp3) is 0.333. The lowest BCUT2D eigenvalue weighted by Gasteiger charge is -2.38. The van der Waals surface area contributed by atoms with Crippen molar-refractivity contribution in [1.82, 2.24) is 14.7 Å². The van der Waals surface area contributed by atoms with E-state index in [9.17, 15) is 14.4 Å². The number of nitrogens with zero attached hydrogens (tertiary/aromatic N) is 3. The third kappa shape index (κ3) is 4.08. The van der Waals surface area contributed by atoms with Gasteiger partial charge >= 0.3 is 5.97 Å². The van der Waals surface area contributed by atoms with Crippen molar-refractivity contribution in [2.24, 2.45) is 0 Å². The Morgan fingerprint density at radius 1 is 0.968 bits per heavy atom. The van der Waals surface area contributed by atoms with Crippen molar-refractivity contribution in [1.29, 1.82) is 0 Å². The number of fused-ring (bicyclic) bond motifs is 1. The molecule has 0 spiro atoms. The smallest absolute Gasteiger partial charge is 0.359 e. The van der Waals surface area contributed by atoms with Crippen LogP contribution in [0.4, 0.5) is 0 Å². The van der Waals surface area contributed by atoms with Crippen molar-refractivity contribution < 1.29 is 14.3 Å². The zero-order chi connectivity index (χ0) is 22.0. The van der Waals surface area contributed by atoms with E-state index in [-0.39, 0.29) is 35.9 Å². The van der Waals surface area contributed by atoms with Crippen molar-refractivity contribution >= 4 is 22.6 Å². The average Bonchev–Trinajstić information content (AvgIpc) is 2.78. The summed E-state index contributed by atoms with van der Waals surface area (Å²) in [5, 5.41) is 5.05. The van der Waals surface area contributed by atoms with Crippen molar-refractivity contribution in [3.05, 3.63) is 70.6 Å². The summed E-state index contributed by atoms with van der Waals surface area (Å²) in [6.07, 6.45) is 2.97. The summed E-state index contributed by atoms with van der Waals surface area (Å²) < 4.78 is 6.56. The van der Waals surface area contributed by atoms with Gasteiger partial charge < -0.3 is 9.64 Å². The summed E-state index contributed by atoms with van der Waals surface area (Å²) >= 11 is 0. The Labute approximate surface area is 180 Å². The highest BCUT2D eigenvalue weighted by atomic mass is 16.5. The molecule has 1 aliphatic heterocycles. The van der Waals surface area contributed by atoms with Gasteiger partial charge in [-0.15, -0.1) is 0 Å². The first-order chi connectivity index (χ1) is 15.0. The molecule has 0 N–H and O–H groups in total. The number of hydrogen-bond acceptors (Lipinski definition) is 5. The number of para-hydroxylation sites is 1. The summed E-state index contributed by atoms with van der Waals surface area (Å²) in [5.74, 6) is -0.944. The highest BCUT2D eigenvalue weighted by molar-refractivity contribution is 6.02. The standard InChI is InChI=1S/C24H25N3O4/c1-16-9-8-10-17(2)26(16)21(28)15-31-24(30)22-19-13-6-7-14-20(19)23(29)27(25-22)18-11-4-3-5-12-18/h3-7,11-14,16-17H,8-10,15H2,1-2H3. The Morgan fingerprint density at radius 2 is 1.58 bits per heavy atom. The van der Waals surface area contributed by atoms with Crippen LogP contribution in [-0.4, -0.2) is 45.2 Å². The third-order valence-corrected chi connectivity index (χ3v) is 5.81. The minimum Gasteiger partial charge on any atom is -0.451 e. The van der Waals surface area contributed by atoms with E-state index in [1.165, 1.54) is 4.68 Å². The quantitative estimate of drug-likeness (QED) is 0.606. The maximum atomic E-state index is 12.9. The maximum Gasteiger partial charge on any atom is 0.359 e. The molecule has 31 heavy (non-hydrogen) atoms. The Bertz CT molecular complexity index is 1160. The van der Waals surface area contributed by atoms with Crippen molar-refractivity contribution in [3.8, 4) is 5.69 Å². The molecule has 160 valence electrons. The van der Waals surface area contributed by atoms with Crippen LogP contribution < -0.4 is 5.56 Å². The van der Waals surface area contributed by atoms with E-state index in [1.807, 2.05) is 19.9 Å². The van der Waals surface area contributed by atoms with Crippen LogP contribution in [0.5, 0.6) is 0 Å². The van der Waals surface area contributed by atoms with Crippen LogP contribution in [0.1, 0.15) is 43.6 Å². The molecule has 0 aliphatic carbocycles. The predicted octanol–water partition coefficient (Wildman–Crippen LogP) is 3.33. The third-order valence-electron chi connectivity index (χ3n) is 5.81. The van der Waals surface area contributed by atoms with E-state index in [0.717, 1.165) is 19.3 Å². The van der Waals surface area contributed by atoms with Crippen LogP contribution in [0.25, 0.3) is 16.5 Å². The molecule has 1 aliphatic rings. The molecule has 1 amide bonds. The van der Waals surface area contributed by atoms with Gasteiger partial charge in [0.25, 0.3) is 11.5 Å². The molecule has 0 saturated carbocycles. The van der Waals surface area contributed by atoms with Crippen LogP contribution in [0.15, 0.2) is 59.4 Å². The molecule has 7 heteroatoms. The van der Waals surface area contributed by atoms with Crippen molar-refractivity contribution in [3.63, 3.8) is 0 Å². The molecule has 1 saturated heterocycles. The Morgan fingerprint density at radius 3 is 2.26 bits per heavy atom. The number of piperidine rings is 1. The lowest BCUT2D eigenvalue weighted by Crippen LogP contribution is -2.49. The van der Waals surface area contributed by atoms with Gasteiger partial charge in [-0.2, -0.15) is 9.78 Å². The van der Waals surface area contributed by atoms with Crippen LogP contribution in [-0.2, 0) is 9.53 Å². The summed E-state index contributed by atoms with van der Waals surface area (Å²) in [5.41, 5.74) is 0.219. The molecule has 4 rings (SSSR count). The number of hydrogen-bond donors (Lipinski definition) is 0. The first-order valence-electron chi connectivity index (χ1n) is 10.5. The molecule has 1 fully saturated rings. The lowest BCUT2D eigenvalue weighted by atomic mass is 9.97.